The lowest BCUT2D eigenvalue weighted by Gasteiger charge is -2.13. The predicted octanol–water partition coefficient (Wildman–Crippen LogP) is 4.33. The fourth-order valence-electron chi connectivity index (χ4n) is 1.87. The maximum absolute atomic E-state index is 9.23. The second-order valence-electron chi connectivity index (χ2n) is 4.68. The number of rotatable bonds is 6. The number of aromatic hydroxyl groups is 1. The summed E-state index contributed by atoms with van der Waals surface area (Å²) in [5.74, 6) is 0.331. The zero-order chi connectivity index (χ0) is 13.7. The lowest BCUT2D eigenvalue weighted by atomic mass is 10.1. The zero-order valence-corrected chi connectivity index (χ0v) is 13.3. The van der Waals surface area contributed by atoms with Crippen LogP contribution in [0.15, 0.2) is 40.2 Å². The van der Waals surface area contributed by atoms with Gasteiger partial charge in [-0.3, -0.25) is 0 Å². The standard InChI is InChI=1S/C15H18BrNOS/c1-11(17-10-15-14(16)8-9-19-15)2-3-12-4-6-13(18)7-5-12/h4-9,11,17-18H,2-3,10H2,1H3. The Morgan fingerprint density at radius 3 is 2.63 bits per heavy atom. The van der Waals surface area contributed by atoms with Gasteiger partial charge in [0.15, 0.2) is 0 Å². The van der Waals surface area contributed by atoms with Gasteiger partial charge in [0, 0.05) is 21.9 Å². The molecule has 0 spiro atoms. The van der Waals surface area contributed by atoms with Gasteiger partial charge in [0.25, 0.3) is 0 Å². The van der Waals surface area contributed by atoms with Crippen LogP contribution in [0.2, 0.25) is 0 Å². The van der Waals surface area contributed by atoms with Gasteiger partial charge in [0.05, 0.1) is 0 Å². The molecule has 2 aromatic rings. The largest absolute Gasteiger partial charge is 0.508 e. The Morgan fingerprint density at radius 2 is 2.00 bits per heavy atom. The smallest absolute Gasteiger partial charge is 0.115 e. The first-order valence-corrected chi connectivity index (χ1v) is 8.05. The fraction of sp³-hybridized carbons (Fsp3) is 0.333. The summed E-state index contributed by atoms with van der Waals surface area (Å²) < 4.78 is 1.19. The molecule has 1 unspecified atom stereocenters. The van der Waals surface area contributed by atoms with E-state index in [0.717, 1.165) is 19.4 Å². The first kappa shape index (κ1) is 14.6. The first-order chi connectivity index (χ1) is 9.15. The Kier molecular flexibility index (Phi) is 5.43. The van der Waals surface area contributed by atoms with Crippen LogP contribution in [0.3, 0.4) is 0 Å². The Bertz CT molecular complexity index is 509. The van der Waals surface area contributed by atoms with E-state index in [0.29, 0.717) is 11.8 Å². The number of benzene rings is 1. The van der Waals surface area contributed by atoms with Crippen LogP contribution in [0, 0.1) is 0 Å². The predicted molar refractivity (Wildman–Crippen MR) is 84.7 cm³/mol. The minimum Gasteiger partial charge on any atom is -0.508 e. The van der Waals surface area contributed by atoms with Gasteiger partial charge in [-0.25, -0.2) is 0 Å². The van der Waals surface area contributed by atoms with Gasteiger partial charge in [0.1, 0.15) is 5.75 Å². The molecule has 0 aliphatic heterocycles. The second kappa shape index (κ2) is 7.08. The van der Waals surface area contributed by atoms with Crippen LogP contribution < -0.4 is 5.32 Å². The summed E-state index contributed by atoms with van der Waals surface area (Å²) in [5.41, 5.74) is 1.27. The molecule has 4 heteroatoms. The van der Waals surface area contributed by atoms with Crippen molar-refractivity contribution in [2.24, 2.45) is 0 Å². The van der Waals surface area contributed by atoms with Gasteiger partial charge in [-0.05, 0) is 64.8 Å². The zero-order valence-electron chi connectivity index (χ0n) is 10.9. The molecule has 1 aromatic carbocycles. The highest BCUT2D eigenvalue weighted by Crippen LogP contribution is 2.22. The van der Waals surface area contributed by atoms with Crippen molar-refractivity contribution in [1.29, 1.82) is 0 Å². The molecule has 0 saturated heterocycles. The van der Waals surface area contributed by atoms with Crippen molar-refractivity contribution in [3.63, 3.8) is 0 Å². The number of thiophene rings is 1. The summed E-state index contributed by atoms with van der Waals surface area (Å²) in [7, 11) is 0. The molecule has 0 bridgehead atoms. The Labute approximate surface area is 126 Å². The molecule has 2 N–H and O–H groups in total. The fourth-order valence-corrected chi connectivity index (χ4v) is 3.31. The van der Waals surface area contributed by atoms with Gasteiger partial charge < -0.3 is 10.4 Å². The normalized spacial score (nSPS) is 12.5. The van der Waals surface area contributed by atoms with E-state index in [4.69, 9.17) is 0 Å². The number of phenolic OH excluding ortho intramolecular Hbond substituents is 1. The lowest BCUT2D eigenvalue weighted by Crippen LogP contribution is -2.25. The first-order valence-electron chi connectivity index (χ1n) is 6.38. The van der Waals surface area contributed by atoms with Crippen LogP contribution in [0.25, 0.3) is 0 Å². The number of phenols is 1. The van der Waals surface area contributed by atoms with Gasteiger partial charge in [-0.2, -0.15) is 0 Å². The molecule has 0 saturated carbocycles. The summed E-state index contributed by atoms with van der Waals surface area (Å²) in [6.07, 6.45) is 2.12. The third-order valence-corrected chi connectivity index (χ3v) is 5.03. The van der Waals surface area contributed by atoms with Crippen LogP contribution in [-0.4, -0.2) is 11.1 Å². The number of aryl methyl sites for hydroxylation is 1. The highest BCUT2D eigenvalue weighted by atomic mass is 79.9. The summed E-state index contributed by atoms with van der Waals surface area (Å²) in [6, 6.07) is 10.0. The quantitative estimate of drug-likeness (QED) is 0.820. The number of nitrogens with one attached hydrogen (secondary N) is 1. The number of halogens is 1. The molecule has 19 heavy (non-hydrogen) atoms. The van der Waals surface area contributed by atoms with Crippen molar-refractivity contribution >= 4 is 27.3 Å². The van der Waals surface area contributed by atoms with E-state index in [-0.39, 0.29) is 0 Å². The molecule has 102 valence electrons. The highest BCUT2D eigenvalue weighted by molar-refractivity contribution is 9.10. The minimum absolute atomic E-state index is 0.331. The Morgan fingerprint density at radius 1 is 1.26 bits per heavy atom. The van der Waals surface area contributed by atoms with Crippen LogP contribution >= 0.6 is 27.3 Å². The van der Waals surface area contributed by atoms with Crippen LogP contribution in [0.5, 0.6) is 5.75 Å². The van der Waals surface area contributed by atoms with Crippen molar-refractivity contribution in [2.45, 2.75) is 32.4 Å². The van der Waals surface area contributed by atoms with E-state index in [9.17, 15) is 5.11 Å². The monoisotopic (exact) mass is 339 g/mol. The molecule has 1 aromatic heterocycles. The van der Waals surface area contributed by atoms with E-state index in [1.807, 2.05) is 12.1 Å². The van der Waals surface area contributed by atoms with Gasteiger partial charge in [-0.15, -0.1) is 11.3 Å². The van der Waals surface area contributed by atoms with E-state index in [1.54, 1.807) is 23.5 Å². The minimum atomic E-state index is 0.331. The van der Waals surface area contributed by atoms with Crippen LogP contribution in [0.4, 0.5) is 0 Å². The molecular formula is C15H18BrNOS. The maximum atomic E-state index is 9.23. The van der Waals surface area contributed by atoms with Crippen molar-refractivity contribution in [3.8, 4) is 5.75 Å². The molecule has 0 amide bonds. The Balaban J connectivity index is 1.74. The molecule has 0 aliphatic rings. The second-order valence-corrected chi connectivity index (χ2v) is 6.53. The third kappa shape index (κ3) is 4.64. The van der Waals surface area contributed by atoms with Crippen molar-refractivity contribution in [3.05, 3.63) is 50.6 Å². The highest BCUT2D eigenvalue weighted by Gasteiger charge is 2.05. The molecular weight excluding hydrogens is 322 g/mol. The molecule has 1 atom stereocenters. The average Bonchev–Trinajstić information content (AvgIpc) is 2.81. The van der Waals surface area contributed by atoms with Gasteiger partial charge in [-0.1, -0.05) is 12.1 Å². The summed E-state index contributed by atoms with van der Waals surface area (Å²) in [5, 5.41) is 14.9. The summed E-state index contributed by atoms with van der Waals surface area (Å²) in [6.45, 7) is 3.12. The number of hydrogen-bond donors (Lipinski definition) is 2. The summed E-state index contributed by atoms with van der Waals surface area (Å²) in [4.78, 5) is 1.34. The van der Waals surface area contributed by atoms with Crippen LogP contribution in [0.1, 0.15) is 23.8 Å². The van der Waals surface area contributed by atoms with E-state index in [1.165, 1.54) is 14.9 Å². The SMILES string of the molecule is CC(CCc1ccc(O)cc1)NCc1sccc1Br. The van der Waals surface area contributed by atoms with E-state index < -0.39 is 0 Å². The molecule has 0 fully saturated rings. The summed E-state index contributed by atoms with van der Waals surface area (Å²) >= 11 is 5.32. The molecule has 0 radical (unpaired) electrons. The van der Waals surface area contributed by atoms with Crippen LogP contribution in [-0.2, 0) is 13.0 Å². The van der Waals surface area contributed by atoms with E-state index in [2.05, 4.69) is 39.6 Å². The topological polar surface area (TPSA) is 32.3 Å². The molecule has 2 rings (SSSR count). The van der Waals surface area contributed by atoms with E-state index >= 15 is 0 Å². The van der Waals surface area contributed by atoms with Crippen molar-refractivity contribution < 1.29 is 5.11 Å². The number of hydrogen-bond acceptors (Lipinski definition) is 3. The van der Waals surface area contributed by atoms with Gasteiger partial charge in [0.2, 0.25) is 0 Å². The molecule has 1 heterocycles. The molecule has 2 nitrogen and oxygen atoms in total. The van der Waals surface area contributed by atoms with Gasteiger partial charge >= 0.3 is 0 Å². The maximum Gasteiger partial charge on any atom is 0.115 e. The third-order valence-electron chi connectivity index (χ3n) is 3.10. The Hall–Kier alpha value is -0.840. The molecule has 0 aliphatic carbocycles. The lowest BCUT2D eigenvalue weighted by molar-refractivity contribution is 0.474. The van der Waals surface area contributed by atoms with Crippen molar-refractivity contribution in [2.75, 3.05) is 0 Å². The van der Waals surface area contributed by atoms with Crippen molar-refractivity contribution in [1.82, 2.24) is 5.32 Å². The average molecular weight is 340 g/mol.